The number of carboxylic acids is 1. The Balaban J connectivity index is 1.34. The van der Waals surface area contributed by atoms with Gasteiger partial charge in [0.1, 0.15) is 42.0 Å². The molecule has 2 amide bonds. The van der Waals surface area contributed by atoms with Gasteiger partial charge in [0.05, 0.1) is 24.9 Å². The molecule has 3 N–H and O–H groups in total. The predicted molar refractivity (Wildman–Crippen MR) is 157 cm³/mol. The highest BCUT2D eigenvalue weighted by molar-refractivity contribution is 7.14. The lowest BCUT2D eigenvalue weighted by atomic mass is 10.1. The zero-order valence-electron chi connectivity index (χ0n) is 23.8. The number of alkyl carbamates (subject to hydrolysis) is 1. The van der Waals surface area contributed by atoms with Crippen LogP contribution in [0, 0.1) is 0 Å². The molecule has 2 unspecified atom stereocenters. The molecule has 0 bridgehead atoms. The zero-order chi connectivity index (χ0) is 29.8. The number of carboxylic acid groups (broad SMARTS) is 1. The van der Waals surface area contributed by atoms with Crippen LogP contribution in [0.5, 0.6) is 11.5 Å². The van der Waals surface area contributed by atoms with Crippen molar-refractivity contribution < 1.29 is 33.7 Å². The van der Waals surface area contributed by atoms with E-state index in [9.17, 15) is 19.5 Å². The van der Waals surface area contributed by atoms with Crippen LogP contribution in [0.4, 0.5) is 9.93 Å². The quantitative estimate of drug-likeness (QED) is 0.309. The fourth-order valence-corrected chi connectivity index (χ4v) is 6.11. The van der Waals surface area contributed by atoms with Gasteiger partial charge < -0.3 is 34.9 Å². The van der Waals surface area contributed by atoms with Crippen molar-refractivity contribution in [3.63, 3.8) is 0 Å². The molecule has 1 aliphatic heterocycles. The molecule has 0 radical (unpaired) electrons. The zero-order valence-corrected chi connectivity index (χ0v) is 24.6. The van der Waals surface area contributed by atoms with E-state index in [4.69, 9.17) is 19.2 Å². The van der Waals surface area contributed by atoms with Crippen molar-refractivity contribution in [1.82, 2.24) is 20.2 Å². The number of anilines is 1. The van der Waals surface area contributed by atoms with Gasteiger partial charge in [-0.05, 0) is 51.7 Å². The Bertz CT molecular complexity index is 1460. The summed E-state index contributed by atoms with van der Waals surface area (Å²) in [5.74, 6) is -0.540. The van der Waals surface area contributed by atoms with Crippen LogP contribution in [0.3, 0.4) is 0 Å². The van der Waals surface area contributed by atoms with E-state index in [1.54, 1.807) is 25.3 Å². The minimum atomic E-state index is -1.14. The van der Waals surface area contributed by atoms with Crippen LogP contribution in [0.1, 0.15) is 46.0 Å². The molecule has 13 heteroatoms. The summed E-state index contributed by atoms with van der Waals surface area (Å²) in [6, 6.07) is 6.34. The van der Waals surface area contributed by atoms with Crippen LogP contribution in [0.2, 0.25) is 0 Å². The number of aromatic nitrogens is 2. The third kappa shape index (κ3) is 6.84. The summed E-state index contributed by atoms with van der Waals surface area (Å²) >= 11 is 1.47. The Morgan fingerprint density at radius 1 is 1.12 bits per heavy atom. The number of methoxy groups -OCH3 is 1. The standard InChI is InChI=1S/C29H35N5O7S/c1-16(2)31-28-33-23(15-42-28)22-12-25(20-9-8-18(39-3)10-21(20)32-22)40-19-11-24(27(36)37)34(14-19)26(35)13-30-29(38)41-17-6-4-5-7-17/h8-10,12,15-17,19,24H,4-7,11,13-14H2,1-3H3,(H,30,38)(H,31,33)(H,36,37). The van der Waals surface area contributed by atoms with Gasteiger partial charge >= 0.3 is 12.1 Å². The lowest BCUT2D eigenvalue weighted by molar-refractivity contribution is -0.147. The van der Waals surface area contributed by atoms with Gasteiger partial charge in [-0.15, -0.1) is 11.3 Å². The van der Waals surface area contributed by atoms with Gasteiger partial charge in [-0.25, -0.2) is 19.6 Å². The molecule has 224 valence electrons. The van der Waals surface area contributed by atoms with Gasteiger partial charge in [0.2, 0.25) is 5.91 Å². The molecule has 2 aromatic heterocycles. The second-order valence-corrected chi connectivity index (χ2v) is 11.6. The molecule has 12 nitrogen and oxygen atoms in total. The molecule has 1 aromatic carbocycles. The van der Waals surface area contributed by atoms with Gasteiger partial charge in [0, 0.05) is 35.4 Å². The number of hydrogen-bond acceptors (Lipinski definition) is 10. The molecule has 5 rings (SSSR count). The lowest BCUT2D eigenvalue weighted by Crippen LogP contribution is -2.46. The summed E-state index contributed by atoms with van der Waals surface area (Å²) in [6.07, 6.45) is 2.31. The predicted octanol–water partition coefficient (Wildman–Crippen LogP) is 4.29. The minimum absolute atomic E-state index is 0.0453. The number of benzene rings is 1. The number of fused-ring (bicyclic) bond motifs is 1. The highest BCUT2D eigenvalue weighted by atomic mass is 32.1. The number of likely N-dealkylation sites (tertiary alicyclic amines) is 1. The fraction of sp³-hybridized carbons (Fsp3) is 0.483. The van der Waals surface area contributed by atoms with Crippen molar-refractivity contribution in [1.29, 1.82) is 0 Å². The van der Waals surface area contributed by atoms with E-state index in [1.165, 1.54) is 16.2 Å². The number of pyridine rings is 1. The van der Waals surface area contributed by atoms with Crippen molar-refractivity contribution in [3.05, 3.63) is 29.6 Å². The monoisotopic (exact) mass is 597 g/mol. The van der Waals surface area contributed by atoms with Crippen LogP contribution in [-0.4, -0.2) is 82.4 Å². The van der Waals surface area contributed by atoms with E-state index in [1.807, 2.05) is 25.3 Å². The van der Waals surface area contributed by atoms with Crippen LogP contribution in [0.25, 0.3) is 22.3 Å². The maximum atomic E-state index is 13.0. The molecule has 1 saturated heterocycles. The van der Waals surface area contributed by atoms with Crippen LogP contribution >= 0.6 is 11.3 Å². The number of rotatable bonds is 10. The second-order valence-electron chi connectivity index (χ2n) is 10.8. The fourth-order valence-electron chi connectivity index (χ4n) is 5.26. The summed E-state index contributed by atoms with van der Waals surface area (Å²) in [6.45, 7) is 3.75. The number of carbonyl (C=O) groups excluding carboxylic acids is 2. The Labute approximate surface area is 247 Å². The Morgan fingerprint density at radius 2 is 1.90 bits per heavy atom. The third-order valence-corrected chi connectivity index (χ3v) is 8.05. The highest BCUT2D eigenvalue weighted by Crippen LogP contribution is 2.35. The topological polar surface area (TPSA) is 152 Å². The molecular weight excluding hydrogens is 562 g/mol. The third-order valence-electron chi connectivity index (χ3n) is 7.28. The highest BCUT2D eigenvalue weighted by Gasteiger charge is 2.41. The van der Waals surface area contributed by atoms with Crippen molar-refractivity contribution in [3.8, 4) is 22.9 Å². The summed E-state index contributed by atoms with van der Waals surface area (Å²) in [5.41, 5.74) is 1.88. The largest absolute Gasteiger partial charge is 0.497 e. The molecule has 3 aromatic rings. The Kier molecular flexibility index (Phi) is 8.95. The van der Waals surface area contributed by atoms with Crippen molar-refractivity contribution in [2.75, 3.05) is 25.5 Å². The number of nitrogens with one attached hydrogen (secondary N) is 2. The SMILES string of the molecule is COc1ccc2c(OC3CC(C(=O)O)N(C(=O)CNC(=O)OC4CCCC4)C3)cc(-c3csc(NC(C)C)n3)nc2c1. The number of nitrogens with zero attached hydrogens (tertiary/aromatic N) is 3. The van der Waals surface area contributed by atoms with Gasteiger partial charge in [-0.1, -0.05) is 0 Å². The first-order chi connectivity index (χ1) is 20.2. The second kappa shape index (κ2) is 12.8. The molecule has 1 aliphatic carbocycles. The number of aliphatic carboxylic acids is 1. The van der Waals surface area contributed by atoms with E-state index < -0.39 is 30.1 Å². The lowest BCUT2D eigenvalue weighted by Gasteiger charge is -2.21. The number of thiazole rings is 1. The molecular formula is C29H35N5O7S. The summed E-state index contributed by atoms with van der Waals surface area (Å²) in [7, 11) is 1.58. The summed E-state index contributed by atoms with van der Waals surface area (Å²) < 4.78 is 17.1. The molecule has 1 saturated carbocycles. The number of ether oxygens (including phenoxy) is 3. The minimum Gasteiger partial charge on any atom is -0.497 e. The Hall–Kier alpha value is -4.13. The maximum absolute atomic E-state index is 13.0. The van der Waals surface area contributed by atoms with Crippen molar-refractivity contribution in [2.24, 2.45) is 0 Å². The van der Waals surface area contributed by atoms with E-state index in [0.29, 0.717) is 33.8 Å². The molecule has 0 spiro atoms. The molecule has 2 fully saturated rings. The number of amides is 2. The normalized spacial score (nSPS) is 18.8. The number of hydrogen-bond donors (Lipinski definition) is 3. The van der Waals surface area contributed by atoms with Gasteiger partial charge in [0.25, 0.3) is 0 Å². The van der Waals surface area contributed by atoms with Crippen LogP contribution < -0.4 is 20.1 Å². The van der Waals surface area contributed by atoms with Gasteiger partial charge in [-0.3, -0.25) is 4.79 Å². The molecule has 2 aliphatic rings. The van der Waals surface area contributed by atoms with Crippen molar-refractivity contribution in [2.45, 2.75) is 70.2 Å². The molecule has 2 atom stereocenters. The molecule has 42 heavy (non-hydrogen) atoms. The summed E-state index contributed by atoms with van der Waals surface area (Å²) in [4.78, 5) is 47.9. The van der Waals surface area contributed by atoms with Crippen LogP contribution in [0.15, 0.2) is 29.6 Å². The first kappa shape index (κ1) is 29.4. The Morgan fingerprint density at radius 3 is 2.62 bits per heavy atom. The van der Waals surface area contributed by atoms with Crippen molar-refractivity contribution >= 4 is 45.3 Å². The summed E-state index contributed by atoms with van der Waals surface area (Å²) in [5, 5.41) is 19.0. The number of carbonyl (C=O) groups is 3. The van der Waals surface area contributed by atoms with E-state index in [2.05, 4.69) is 15.6 Å². The van der Waals surface area contributed by atoms with E-state index in [-0.39, 0.29) is 31.7 Å². The van der Waals surface area contributed by atoms with E-state index >= 15 is 0 Å². The first-order valence-electron chi connectivity index (χ1n) is 14.0. The average Bonchev–Trinajstić information content (AvgIpc) is 3.73. The van der Waals surface area contributed by atoms with Gasteiger partial charge in [0.15, 0.2) is 5.13 Å². The molecule has 3 heterocycles. The maximum Gasteiger partial charge on any atom is 0.407 e. The smallest absolute Gasteiger partial charge is 0.407 e. The van der Waals surface area contributed by atoms with E-state index in [0.717, 1.165) is 30.8 Å². The average molecular weight is 598 g/mol. The van der Waals surface area contributed by atoms with Crippen LogP contribution in [-0.2, 0) is 14.3 Å². The first-order valence-corrected chi connectivity index (χ1v) is 14.9. The van der Waals surface area contributed by atoms with Gasteiger partial charge in [-0.2, -0.15) is 0 Å².